The highest BCUT2D eigenvalue weighted by Crippen LogP contribution is 2.31. The van der Waals surface area contributed by atoms with Crippen LogP contribution in [-0.2, 0) is 32.6 Å². The van der Waals surface area contributed by atoms with Crippen LogP contribution in [0.5, 0.6) is 0 Å². The summed E-state index contributed by atoms with van der Waals surface area (Å²) >= 11 is 19.2. The molecule has 1 N–H and O–H groups in total. The summed E-state index contributed by atoms with van der Waals surface area (Å²) < 4.78 is 29.6. The Hall–Kier alpha value is -3.56. The summed E-state index contributed by atoms with van der Waals surface area (Å²) in [7, 11) is -4.25. The van der Waals surface area contributed by atoms with Crippen molar-refractivity contribution in [3.8, 4) is 0 Å². The van der Waals surface area contributed by atoms with Crippen molar-refractivity contribution in [1.82, 2.24) is 10.2 Å². The molecule has 4 aromatic rings. The minimum atomic E-state index is -4.25. The molecule has 0 spiro atoms. The zero-order valence-corrected chi connectivity index (χ0v) is 29.7. The molecule has 2 amide bonds. The predicted molar refractivity (Wildman–Crippen MR) is 193 cm³/mol. The third kappa shape index (κ3) is 8.91. The summed E-state index contributed by atoms with van der Waals surface area (Å²) in [5, 5.41) is 4.27. The van der Waals surface area contributed by atoms with E-state index in [0.29, 0.717) is 26.2 Å². The lowest BCUT2D eigenvalue weighted by Crippen LogP contribution is -2.55. The average Bonchev–Trinajstić information content (AvgIpc) is 3.08. The lowest BCUT2D eigenvalue weighted by atomic mass is 9.94. The second kappa shape index (κ2) is 16.2. The number of nitrogens with one attached hydrogen (secondary N) is 1. The van der Waals surface area contributed by atoms with Crippen molar-refractivity contribution in [3.63, 3.8) is 0 Å². The number of hydrogen-bond donors (Lipinski definition) is 1. The summed E-state index contributed by atoms with van der Waals surface area (Å²) in [6.07, 6.45) is 5.08. The largest absolute Gasteiger partial charge is 0.352 e. The Kier molecular flexibility index (Phi) is 12.1. The van der Waals surface area contributed by atoms with Gasteiger partial charge in [0.1, 0.15) is 12.6 Å². The Bertz CT molecular complexity index is 1840. The van der Waals surface area contributed by atoms with Crippen LogP contribution in [0.1, 0.15) is 48.8 Å². The Labute approximate surface area is 297 Å². The first-order chi connectivity index (χ1) is 23.0. The third-order valence-corrected chi connectivity index (χ3v) is 11.2. The van der Waals surface area contributed by atoms with Gasteiger partial charge >= 0.3 is 0 Å². The maximum absolute atomic E-state index is 14.7. The lowest BCUT2D eigenvalue weighted by Gasteiger charge is -2.35. The van der Waals surface area contributed by atoms with E-state index in [1.54, 1.807) is 55.5 Å². The molecule has 7 nitrogen and oxygen atoms in total. The first-order valence-electron chi connectivity index (χ1n) is 15.9. The van der Waals surface area contributed by atoms with E-state index in [2.05, 4.69) is 5.32 Å². The molecule has 4 aromatic carbocycles. The van der Waals surface area contributed by atoms with Gasteiger partial charge in [0, 0.05) is 34.1 Å². The minimum Gasteiger partial charge on any atom is -0.352 e. The maximum Gasteiger partial charge on any atom is 0.264 e. The van der Waals surface area contributed by atoms with Crippen molar-refractivity contribution in [2.75, 3.05) is 10.8 Å². The predicted octanol–water partition coefficient (Wildman–Crippen LogP) is 8.24. The fraction of sp³-hybridized carbons (Fsp3) is 0.297. The van der Waals surface area contributed by atoms with Crippen LogP contribution in [0.4, 0.5) is 5.69 Å². The number of benzene rings is 4. The highest BCUT2D eigenvalue weighted by atomic mass is 35.5. The van der Waals surface area contributed by atoms with Gasteiger partial charge in [-0.25, -0.2) is 8.42 Å². The molecule has 252 valence electrons. The van der Waals surface area contributed by atoms with Gasteiger partial charge < -0.3 is 10.2 Å². The topological polar surface area (TPSA) is 86.8 Å². The Morgan fingerprint density at radius 3 is 2.12 bits per heavy atom. The molecule has 0 saturated heterocycles. The molecular weight excluding hydrogens is 689 g/mol. The molecule has 1 atom stereocenters. The van der Waals surface area contributed by atoms with Gasteiger partial charge in [0.2, 0.25) is 11.8 Å². The molecule has 0 heterocycles. The third-order valence-electron chi connectivity index (χ3n) is 8.63. The van der Waals surface area contributed by atoms with Gasteiger partial charge in [-0.05, 0) is 72.9 Å². The first-order valence-corrected chi connectivity index (χ1v) is 18.5. The van der Waals surface area contributed by atoms with Crippen LogP contribution in [0.3, 0.4) is 0 Å². The number of rotatable bonds is 12. The summed E-state index contributed by atoms with van der Waals surface area (Å²) in [6.45, 7) is 1.11. The van der Waals surface area contributed by atoms with E-state index in [0.717, 1.165) is 42.0 Å². The number of nitrogens with zero attached hydrogens (tertiary/aromatic N) is 2. The number of anilines is 1. The lowest BCUT2D eigenvalue weighted by molar-refractivity contribution is -0.140. The molecule has 0 bridgehead atoms. The number of carbonyl (C=O) groups is 2. The number of aryl methyl sites for hydroxylation is 1. The van der Waals surface area contributed by atoms with Crippen LogP contribution in [0.15, 0.2) is 102 Å². The van der Waals surface area contributed by atoms with Crippen LogP contribution < -0.4 is 9.62 Å². The summed E-state index contributed by atoms with van der Waals surface area (Å²) in [6, 6.07) is 26.2. The van der Waals surface area contributed by atoms with E-state index in [9.17, 15) is 18.0 Å². The molecule has 1 aliphatic rings. The van der Waals surface area contributed by atoms with Crippen molar-refractivity contribution >= 4 is 62.3 Å². The average molecular weight is 727 g/mol. The van der Waals surface area contributed by atoms with Crippen molar-refractivity contribution in [2.24, 2.45) is 0 Å². The normalized spacial score (nSPS) is 14.2. The van der Waals surface area contributed by atoms with Crippen LogP contribution >= 0.6 is 34.8 Å². The van der Waals surface area contributed by atoms with Gasteiger partial charge in [-0.1, -0.05) is 115 Å². The van der Waals surface area contributed by atoms with Crippen molar-refractivity contribution in [3.05, 3.63) is 129 Å². The highest BCUT2D eigenvalue weighted by molar-refractivity contribution is 7.92. The smallest absolute Gasteiger partial charge is 0.264 e. The Balaban J connectivity index is 1.60. The van der Waals surface area contributed by atoms with Gasteiger partial charge in [-0.3, -0.25) is 13.9 Å². The number of hydrogen-bond acceptors (Lipinski definition) is 4. The second-order valence-electron chi connectivity index (χ2n) is 12.1. The molecule has 0 aromatic heterocycles. The quantitative estimate of drug-likeness (QED) is 0.159. The second-order valence-corrected chi connectivity index (χ2v) is 15.2. The SMILES string of the molecule is Cc1ccc(Cl)cc1N(CC(=O)N(Cc1ccc(Cl)cc1Cl)C(Cc1ccccc1)C(=O)NC1CCCCC1)S(=O)(=O)c1ccccc1. The molecule has 5 rings (SSSR count). The van der Waals surface area contributed by atoms with E-state index in [-0.39, 0.29) is 35.5 Å². The standard InChI is InChI=1S/C37H38Cl3N3O4S/c1-26-17-19-30(39)23-34(26)43(48(46,47)32-15-9-4-10-16-32)25-36(44)42(24-28-18-20-29(38)22-33(28)40)35(21-27-11-5-2-6-12-27)37(45)41-31-13-7-3-8-14-31/h2,4-6,9-12,15-20,22-23,31,35H,3,7-8,13-14,21,24-25H2,1H3,(H,41,45). The molecule has 48 heavy (non-hydrogen) atoms. The fourth-order valence-corrected chi connectivity index (χ4v) is 8.14. The summed E-state index contributed by atoms with van der Waals surface area (Å²) in [4.78, 5) is 30.5. The zero-order chi connectivity index (χ0) is 34.3. The van der Waals surface area contributed by atoms with E-state index in [1.807, 2.05) is 30.3 Å². The van der Waals surface area contributed by atoms with Crippen LogP contribution in [-0.4, -0.2) is 43.8 Å². The fourth-order valence-electron chi connectivity index (χ4n) is 6.02. The van der Waals surface area contributed by atoms with Crippen molar-refractivity contribution in [2.45, 2.75) is 69.0 Å². The molecule has 0 radical (unpaired) electrons. The van der Waals surface area contributed by atoms with E-state index in [4.69, 9.17) is 34.8 Å². The van der Waals surface area contributed by atoms with Crippen LogP contribution in [0.2, 0.25) is 15.1 Å². The van der Waals surface area contributed by atoms with E-state index in [1.165, 1.54) is 23.1 Å². The number of halogens is 3. The highest BCUT2D eigenvalue weighted by Gasteiger charge is 2.36. The minimum absolute atomic E-state index is 0.00957. The number of sulfonamides is 1. The van der Waals surface area contributed by atoms with Crippen LogP contribution in [0, 0.1) is 6.92 Å². The van der Waals surface area contributed by atoms with Crippen molar-refractivity contribution < 1.29 is 18.0 Å². The van der Waals surface area contributed by atoms with Gasteiger partial charge in [-0.15, -0.1) is 0 Å². The summed E-state index contributed by atoms with van der Waals surface area (Å²) in [5.41, 5.74) is 2.28. The van der Waals surface area contributed by atoms with E-state index < -0.39 is 28.5 Å². The van der Waals surface area contributed by atoms with Gasteiger partial charge in [0.15, 0.2) is 0 Å². The van der Waals surface area contributed by atoms with Gasteiger partial charge in [-0.2, -0.15) is 0 Å². The number of carbonyl (C=O) groups excluding carboxylic acids is 2. The first kappa shape index (κ1) is 35.7. The maximum atomic E-state index is 14.7. The van der Waals surface area contributed by atoms with Crippen molar-refractivity contribution in [1.29, 1.82) is 0 Å². The molecule has 0 aliphatic heterocycles. The molecule has 1 saturated carbocycles. The molecule has 11 heteroatoms. The summed E-state index contributed by atoms with van der Waals surface area (Å²) in [5.74, 6) is -0.889. The molecular formula is C37H38Cl3N3O4S. The monoisotopic (exact) mass is 725 g/mol. The van der Waals surface area contributed by atoms with Crippen LogP contribution in [0.25, 0.3) is 0 Å². The molecule has 1 unspecified atom stereocenters. The Morgan fingerprint density at radius 2 is 1.46 bits per heavy atom. The Morgan fingerprint density at radius 1 is 0.833 bits per heavy atom. The number of amides is 2. The zero-order valence-electron chi connectivity index (χ0n) is 26.6. The van der Waals surface area contributed by atoms with Gasteiger partial charge in [0.05, 0.1) is 10.6 Å². The molecule has 1 aliphatic carbocycles. The van der Waals surface area contributed by atoms with Gasteiger partial charge in [0.25, 0.3) is 10.0 Å². The van der Waals surface area contributed by atoms with E-state index >= 15 is 0 Å². The molecule has 1 fully saturated rings.